The maximum absolute atomic E-state index is 9.66. The molecule has 0 bridgehead atoms. The molecule has 0 radical (unpaired) electrons. The minimum absolute atomic E-state index is 0.0969. The molecule has 0 aliphatic heterocycles. The monoisotopic (exact) mass is 203 g/mol. The summed E-state index contributed by atoms with van der Waals surface area (Å²) in [7, 11) is 0. The third-order valence-electron chi connectivity index (χ3n) is 2.59. The lowest BCUT2D eigenvalue weighted by Crippen LogP contribution is -2.42. The van der Waals surface area contributed by atoms with Crippen LogP contribution in [0.5, 0.6) is 0 Å². The number of hydrogen-bond donors (Lipinski definition) is 2. The number of aliphatic hydroxyl groups is 1. The van der Waals surface area contributed by atoms with Gasteiger partial charge in [-0.05, 0) is 18.6 Å². The summed E-state index contributed by atoms with van der Waals surface area (Å²) in [4.78, 5) is 0. The third-order valence-corrected chi connectivity index (χ3v) is 3.49. The van der Waals surface area contributed by atoms with E-state index in [9.17, 15) is 5.11 Å². The Morgan fingerprint density at radius 2 is 2.15 bits per heavy atom. The Labute approximate surface area is 85.5 Å². The van der Waals surface area contributed by atoms with Crippen molar-refractivity contribution in [1.82, 2.24) is 5.32 Å². The first-order chi connectivity index (χ1) is 6.34. The van der Waals surface area contributed by atoms with Crippen LogP contribution in [0.25, 0.3) is 0 Å². The number of nitrogens with one attached hydrogen (secondary N) is 1. The molecule has 2 atom stereocenters. The van der Waals surface area contributed by atoms with Crippen molar-refractivity contribution in [3.05, 3.63) is 0 Å². The first-order valence-corrected chi connectivity index (χ1v) is 6.49. The molecule has 0 aromatic carbocycles. The Balaban J connectivity index is 2.05. The second kappa shape index (κ2) is 6.68. The minimum Gasteiger partial charge on any atom is -0.392 e. The molecule has 0 spiro atoms. The predicted molar refractivity (Wildman–Crippen MR) is 59.3 cm³/mol. The smallest absolute Gasteiger partial charge is 0.0693 e. The predicted octanol–water partition coefficient (Wildman–Crippen LogP) is 1.63. The van der Waals surface area contributed by atoms with Gasteiger partial charge in [0, 0.05) is 18.3 Å². The minimum atomic E-state index is -0.0969. The van der Waals surface area contributed by atoms with E-state index in [4.69, 9.17) is 0 Å². The van der Waals surface area contributed by atoms with Crippen LogP contribution < -0.4 is 5.32 Å². The highest BCUT2D eigenvalue weighted by Gasteiger charge is 2.21. The van der Waals surface area contributed by atoms with Crippen LogP contribution in [0.4, 0.5) is 0 Å². The fraction of sp³-hybridized carbons (Fsp3) is 1.00. The van der Waals surface area contributed by atoms with Crippen molar-refractivity contribution in [2.75, 3.05) is 18.1 Å². The summed E-state index contributed by atoms with van der Waals surface area (Å²) in [5, 5.41) is 13.1. The van der Waals surface area contributed by atoms with Gasteiger partial charge in [0.1, 0.15) is 0 Å². The van der Waals surface area contributed by atoms with E-state index in [1.165, 1.54) is 24.3 Å². The second-order valence-corrected chi connectivity index (χ2v) is 5.00. The van der Waals surface area contributed by atoms with Crippen molar-refractivity contribution in [2.45, 2.75) is 44.8 Å². The van der Waals surface area contributed by atoms with Crippen molar-refractivity contribution in [2.24, 2.45) is 0 Å². The zero-order valence-electron chi connectivity index (χ0n) is 8.46. The maximum Gasteiger partial charge on any atom is 0.0693 e. The van der Waals surface area contributed by atoms with Gasteiger partial charge in [0.15, 0.2) is 0 Å². The largest absolute Gasteiger partial charge is 0.392 e. The topological polar surface area (TPSA) is 32.3 Å². The first-order valence-electron chi connectivity index (χ1n) is 5.33. The Kier molecular flexibility index (Phi) is 5.83. The Hall–Kier alpha value is 0.270. The molecule has 0 aromatic heterocycles. The summed E-state index contributed by atoms with van der Waals surface area (Å²) in [5.74, 6) is 2.36. The average Bonchev–Trinajstić information content (AvgIpc) is 2.15. The number of rotatable bonds is 5. The molecule has 13 heavy (non-hydrogen) atoms. The molecule has 78 valence electrons. The second-order valence-electron chi connectivity index (χ2n) is 3.61. The highest BCUT2D eigenvalue weighted by Crippen LogP contribution is 2.18. The molecule has 2 unspecified atom stereocenters. The molecule has 0 aromatic rings. The lowest BCUT2D eigenvalue weighted by atomic mass is 9.93. The van der Waals surface area contributed by atoms with Gasteiger partial charge in [-0.1, -0.05) is 19.8 Å². The number of hydrogen-bond acceptors (Lipinski definition) is 3. The van der Waals surface area contributed by atoms with E-state index in [2.05, 4.69) is 12.2 Å². The zero-order valence-corrected chi connectivity index (χ0v) is 9.28. The lowest BCUT2D eigenvalue weighted by Gasteiger charge is -2.28. The van der Waals surface area contributed by atoms with Crippen LogP contribution in [0.1, 0.15) is 32.6 Å². The van der Waals surface area contributed by atoms with Crippen LogP contribution in [0.3, 0.4) is 0 Å². The summed E-state index contributed by atoms with van der Waals surface area (Å²) < 4.78 is 0. The normalized spacial score (nSPS) is 29.1. The van der Waals surface area contributed by atoms with Crippen LogP contribution in [0.2, 0.25) is 0 Å². The fourth-order valence-electron chi connectivity index (χ4n) is 1.81. The van der Waals surface area contributed by atoms with E-state index in [0.29, 0.717) is 6.04 Å². The lowest BCUT2D eigenvalue weighted by molar-refractivity contribution is 0.0921. The number of aliphatic hydroxyl groups excluding tert-OH is 1. The average molecular weight is 203 g/mol. The molecule has 2 N–H and O–H groups in total. The van der Waals surface area contributed by atoms with Gasteiger partial charge in [0.05, 0.1) is 6.10 Å². The van der Waals surface area contributed by atoms with E-state index in [-0.39, 0.29) is 6.10 Å². The molecule has 1 aliphatic carbocycles. The molecular weight excluding hydrogens is 182 g/mol. The quantitative estimate of drug-likeness (QED) is 0.666. The molecule has 3 heteroatoms. The summed E-state index contributed by atoms with van der Waals surface area (Å²) in [6, 6.07) is 0.367. The summed E-state index contributed by atoms with van der Waals surface area (Å²) in [6.45, 7) is 3.22. The number of thioether (sulfide) groups is 1. The highest BCUT2D eigenvalue weighted by atomic mass is 32.2. The molecule has 2 nitrogen and oxygen atoms in total. The van der Waals surface area contributed by atoms with Crippen molar-refractivity contribution < 1.29 is 5.11 Å². The highest BCUT2D eigenvalue weighted by molar-refractivity contribution is 7.99. The van der Waals surface area contributed by atoms with Gasteiger partial charge in [-0.25, -0.2) is 0 Å². The van der Waals surface area contributed by atoms with Gasteiger partial charge in [0.25, 0.3) is 0 Å². The Morgan fingerprint density at radius 3 is 2.85 bits per heavy atom. The van der Waals surface area contributed by atoms with Gasteiger partial charge in [0.2, 0.25) is 0 Å². The van der Waals surface area contributed by atoms with Gasteiger partial charge < -0.3 is 10.4 Å². The van der Waals surface area contributed by atoms with Crippen molar-refractivity contribution in [3.63, 3.8) is 0 Å². The fourth-order valence-corrected chi connectivity index (χ4v) is 2.36. The summed E-state index contributed by atoms with van der Waals surface area (Å²) in [6.07, 6.45) is 4.51. The Morgan fingerprint density at radius 1 is 1.38 bits per heavy atom. The van der Waals surface area contributed by atoms with E-state index in [1.54, 1.807) is 0 Å². The SMILES string of the molecule is CCSCCNC1CCCCC1O. The standard InChI is InChI=1S/C10H21NOS/c1-2-13-8-7-11-9-5-3-4-6-10(9)12/h9-12H,2-8H2,1H3. The van der Waals surface area contributed by atoms with Gasteiger partial charge >= 0.3 is 0 Å². The van der Waals surface area contributed by atoms with E-state index >= 15 is 0 Å². The summed E-state index contributed by atoms with van der Waals surface area (Å²) in [5.41, 5.74) is 0. The molecule has 1 saturated carbocycles. The van der Waals surface area contributed by atoms with Crippen molar-refractivity contribution in [1.29, 1.82) is 0 Å². The van der Waals surface area contributed by atoms with Gasteiger partial charge in [-0.2, -0.15) is 11.8 Å². The van der Waals surface area contributed by atoms with Crippen LogP contribution >= 0.6 is 11.8 Å². The molecule has 1 rings (SSSR count). The van der Waals surface area contributed by atoms with Gasteiger partial charge in [-0.3, -0.25) is 0 Å². The molecule has 0 heterocycles. The Bertz CT molecular complexity index is 132. The van der Waals surface area contributed by atoms with Crippen LogP contribution in [-0.2, 0) is 0 Å². The maximum atomic E-state index is 9.66. The molecule has 1 fully saturated rings. The van der Waals surface area contributed by atoms with E-state index in [0.717, 1.165) is 19.4 Å². The first kappa shape index (κ1) is 11.3. The molecular formula is C10H21NOS. The van der Waals surface area contributed by atoms with Crippen molar-refractivity contribution in [3.8, 4) is 0 Å². The van der Waals surface area contributed by atoms with Gasteiger partial charge in [-0.15, -0.1) is 0 Å². The molecule has 1 aliphatic rings. The van der Waals surface area contributed by atoms with Crippen molar-refractivity contribution >= 4 is 11.8 Å². The van der Waals surface area contributed by atoms with Crippen LogP contribution in [-0.4, -0.2) is 35.3 Å². The van der Waals surface area contributed by atoms with E-state index < -0.39 is 0 Å². The van der Waals surface area contributed by atoms with E-state index in [1.807, 2.05) is 11.8 Å². The summed E-state index contributed by atoms with van der Waals surface area (Å²) >= 11 is 1.95. The molecule has 0 amide bonds. The van der Waals surface area contributed by atoms with Crippen LogP contribution in [0.15, 0.2) is 0 Å². The zero-order chi connectivity index (χ0) is 9.52. The molecule has 0 saturated heterocycles. The van der Waals surface area contributed by atoms with Crippen LogP contribution in [0, 0.1) is 0 Å². The third kappa shape index (κ3) is 4.34.